The number of aliphatic hydroxyl groups is 1. The fourth-order valence-corrected chi connectivity index (χ4v) is 6.26. The first kappa shape index (κ1) is 34.3. The Bertz CT molecular complexity index is 1520. The van der Waals surface area contributed by atoms with Gasteiger partial charge in [-0.1, -0.05) is 31.2 Å². The van der Waals surface area contributed by atoms with Gasteiger partial charge in [-0.05, 0) is 72.5 Å². The summed E-state index contributed by atoms with van der Waals surface area (Å²) in [4.78, 5) is 15.2. The van der Waals surface area contributed by atoms with E-state index in [0.717, 1.165) is 17.7 Å². The van der Waals surface area contributed by atoms with Gasteiger partial charge in [0.15, 0.2) is 9.84 Å². The predicted molar refractivity (Wildman–Crippen MR) is 159 cm³/mol. The second kappa shape index (κ2) is 14.7. The first-order valence-electron chi connectivity index (χ1n) is 14.5. The molecule has 3 atom stereocenters. The van der Waals surface area contributed by atoms with Crippen LogP contribution < -0.4 is 10.2 Å². The number of benzene rings is 3. The van der Waals surface area contributed by atoms with Gasteiger partial charge in [0.2, 0.25) is 0 Å². The summed E-state index contributed by atoms with van der Waals surface area (Å²) in [7, 11) is -3.40. The van der Waals surface area contributed by atoms with Crippen molar-refractivity contribution in [2.24, 2.45) is 0 Å². The monoisotopic (exact) mass is 654 g/mol. The van der Waals surface area contributed by atoms with Gasteiger partial charge in [-0.25, -0.2) is 17.2 Å². The van der Waals surface area contributed by atoms with Crippen LogP contribution in [-0.2, 0) is 20.8 Å². The van der Waals surface area contributed by atoms with Crippen molar-refractivity contribution in [3.63, 3.8) is 0 Å². The van der Waals surface area contributed by atoms with Gasteiger partial charge in [-0.2, -0.15) is 13.2 Å². The molecule has 1 amide bonds. The minimum Gasteiger partial charge on any atom is -0.394 e. The van der Waals surface area contributed by atoms with Crippen LogP contribution in [0, 0.1) is 0 Å². The highest BCUT2D eigenvalue weighted by Gasteiger charge is 2.33. The molecule has 1 aliphatic heterocycles. The molecular weight excluding hydrogens is 619 g/mol. The maximum atomic E-state index is 13.1. The summed E-state index contributed by atoms with van der Waals surface area (Å²) in [6.45, 7) is 0.826. The third-order valence-corrected chi connectivity index (χ3v) is 9.69. The summed E-state index contributed by atoms with van der Waals surface area (Å²) in [6, 6.07) is 16.4. The van der Waals surface area contributed by atoms with E-state index in [2.05, 4.69) is 5.32 Å². The smallest absolute Gasteiger partial charge is 0.394 e. The number of alkyl halides is 5. The predicted octanol–water partition coefficient (Wildman–Crippen LogP) is 6.00. The Hall–Kier alpha value is -3.55. The van der Waals surface area contributed by atoms with Crippen LogP contribution in [0.15, 0.2) is 77.7 Å². The second-order valence-electron chi connectivity index (χ2n) is 10.9. The van der Waals surface area contributed by atoms with Crippen molar-refractivity contribution in [2.45, 2.75) is 55.3 Å². The lowest BCUT2D eigenvalue weighted by Crippen LogP contribution is -2.45. The van der Waals surface area contributed by atoms with Gasteiger partial charge in [0.05, 0.1) is 41.5 Å². The van der Waals surface area contributed by atoms with Crippen molar-refractivity contribution in [2.75, 3.05) is 37.0 Å². The Balaban J connectivity index is 1.49. The Morgan fingerprint density at radius 3 is 2.20 bits per heavy atom. The van der Waals surface area contributed by atoms with Gasteiger partial charge in [0, 0.05) is 23.7 Å². The number of aliphatic hydroxyl groups excluding tert-OH is 1. The molecule has 1 heterocycles. The molecule has 1 aliphatic rings. The molecule has 2 N–H and O–H groups in total. The van der Waals surface area contributed by atoms with Crippen molar-refractivity contribution in [1.82, 2.24) is 5.32 Å². The molecule has 0 aromatic heterocycles. The lowest BCUT2D eigenvalue weighted by Gasteiger charge is -2.41. The number of hydrogen-bond donors (Lipinski definition) is 2. The number of carbonyl (C=O) groups is 1. The number of ether oxygens (including phenoxy) is 1. The van der Waals surface area contributed by atoms with Gasteiger partial charge >= 0.3 is 6.18 Å². The quantitative estimate of drug-likeness (QED) is 0.233. The number of amides is 1. The van der Waals surface area contributed by atoms with Crippen LogP contribution in [0.25, 0.3) is 0 Å². The molecule has 1 unspecified atom stereocenters. The molecule has 3 aromatic rings. The summed E-state index contributed by atoms with van der Waals surface area (Å²) in [5, 5.41) is 12.7. The fraction of sp³-hybridized carbons (Fsp3) is 0.406. The van der Waals surface area contributed by atoms with Gasteiger partial charge in [0.25, 0.3) is 12.3 Å². The van der Waals surface area contributed by atoms with E-state index in [9.17, 15) is 40.3 Å². The van der Waals surface area contributed by atoms with Crippen LogP contribution in [0.5, 0.6) is 0 Å². The van der Waals surface area contributed by atoms with E-state index in [-0.39, 0.29) is 34.8 Å². The largest absolute Gasteiger partial charge is 0.416 e. The maximum absolute atomic E-state index is 13.1. The minimum atomic E-state index is -4.45. The molecule has 1 saturated heterocycles. The first-order valence-corrected chi connectivity index (χ1v) is 16.1. The lowest BCUT2D eigenvalue weighted by molar-refractivity contribution is -0.137. The van der Waals surface area contributed by atoms with E-state index in [4.69, 9.17) is 4.74 Å². The summed E-state index contributed by atoms with van der Waals surface area (Å²) in [5.74, 6) is -0.659. The minimum absolute atomic E-state index is 0.0306. The average Bonchev–Trinajstić information content (AvgIpc) is 3.03. The molecular formula is C32H35F5N2O5S. The van der Waals surface area contributed by atoms with Crippen molar-refractivity contribution < 1.29 is 45.0 Å². The van der Waals surface area contributed by atoms with Gasteiger partial charge in [0.1, 0.15) is 6.61 Å². The highest BCUT2D eigenvalue weighted by Crippen LogP contribution is 2.36. The molecule has 0 bridgehead atoms. The van der Waals surface area contributed by atoms with E-state index in [1.54, 1.807) is 24.3 Å². The van der Waals surface area contributed by atoms with Crippen molar-refractivity contribution in [1.29, 1.82) is 0 Å². The molecule has 1 fully saturated rings. The van der Waals surface area contributed by atoms with E-state index in [1.165, 1.54) is 43.3 Å². The van der Waals surface area contributed by atoms with E-state index >= 15 is 0 Å². The SMILES string of the molecule is CCS(=O)(=O)c1ccc([C@H](CO)NC(=O)c2ccc(N3CC(c4ccc(C(F)(F)F)cc4)CC[C@H]3COCC(F)F)cc2)cc1. The number of nitrogens with one attached hydrogen (secondary N) is 1. The van der Waals surface area contributed by atoms with E-state index < -0.39 is 53.2 Å². The maximum Gasteiger partial charge on any atom is 0.416 e. The average molecular weight is 655 g/mol. The highest BCUT2D eigenvalue weighted by atomic mass is 32.2. The topological polar surface area (TPSA) is 95.9 Å². The van der Waals surface area contributed by atoms with Crippen LogP contribution in [0.2, 0.25) is 0 Å². The number of sulfone groups is 1. The van der Waals surface area contributed by atoms with Gasteiger partial charge in [-0.3, -0.25) is 4.79 Å². The molecule has 45 heavy (non-hydrogen) atoms. The molecule has 0 aliphatic carbocycles. The number of nitrogens with zero attached hydrogens (tertiary/aromatic N) is 1. The normalized spacial score (nSPS) is 18.2. The zero-order chi connectivity index (χ0) is 32.8. The van der Waals surface area contributed by atoms with Crippen molar-refractivity contribution in [3.05, 3.63) is 95.1 Å². The van der Waals surface area contributed by atoms with Crippen LogP contribution >= 0.6 is 0 Å². The number of halogens is 5. The fourth-order valence-electron chi connectivity index (χ4n) is 5.38. The molecule has 7 nitrogen and oxygen atoms in total. The Morgan fingerprint density at radius 1 is 1.00 bits per heavy atom. The van der Waals surface area contributed by atoms with E-state index in [0.29, 0.717) is 30.6 Å². The lowest BCUT2D eigenvalue weighted by atomic mass is 9.86. The third-order valence-electron chi connectivity index (χ3n) is 7.94. The molecule has 244 valence electrons. The zero-order valence-corrected chi connectivity index (χ0v) is 25.3. The Labute approximate surface area is 258 Å². The van der Waals surface area contributed by atoms with Crippen molar-refractivity contribution in [3.8, 4) is 0 Å². The summed E-state index contributed by atoms with van der Waals surface area (Å²) < 4.78 is 94.1. The Kier molecular flexibility index (Phi) is 11.2. The van der Waals surface area contributed by atoms with E-state index in [1.807, 2.05) is 4.90 Å². The third kappa shape index (κ3) is 8.80. The Morgan fingerprint density at radius 2 is 1.64 bits per heavy atom. The van der Waals surface area contributed by atoms with Crippen LogP contribution in [0.4, 0.5) is 27.6 Å². The summed E-state index contributed by atoms with van der Waals surface area (Å²) >= 11 is 0. The van der Waals surface area contributed by atoms with Gasteiger partial charge < -0.3 is 20.1 Å². The van der Waals surface area contributed by atoms with Gasteiger partial charge in [-0.15, -0.1) is 0 Å². The van der Waals surface area contributed by atoms with Crippen molar-refractivity contribution >= 4 is 21.4 Å². The second-order valence-corrected chi connectivity index (χ2v) is 13.1. The molecule has 0 saturated carbocycles. The number of piperidine rings is 1. The zero-order valence-electron chi connectivity index (χ0n) is 24.5. The standard InChI is InChI=1S/C32H35F5N2O5S/c1-2-45(42,43)28-15-8-22(9-16-28)29(18-40)38-31(41)23-5-12-26(13-6-23)39-17-24(7-14-27(39)19-44-20-30(33)34)21-3-10-25(11-4-21)32(35,36)37/h3-6,8-13,15-16,24,27,29-30,40H,2,7,14,17-20H2,1H3,(H,38,41)/t24?,27-,29-/m0/s1. The van der Waals surface area contributed by atoms with Crippen LogP contribution in [-0.4, -0.2) is 64.0 Å². The number of carbonyl (C=O) groups excluding carboxylic acids is 1. The van der Waals surface area contributed by atoms with Crippen LogP contribution in [0.1, 0.15) is 58.8 Å². The molecule has 0 spiro atoms. The molecule has 13 heteroatoms. The van der Waals surface area contributed by atoms with Crippen LogP contribution in [0.3, 0.4) is 0 Å². The molecule has 0 radical (unpaired) electrons. The molecule has 3 aromatic carbocycles. The number of rotatable bonds is 12. The summed E-state index contributed by atoms with van der Waals surface area (Å²) in [5.41, 5.74) is 1.47. The first-order chi connectivity index (χ1) is 21.3. The highest BCUT2D eigenvalue weighted by molar-refractivity contribution is 7.91. The number of hydrogen-bond acceptors (Lipinski definition) is 6. The molecule has 4 rings (SSSR count). The number of anilines is 1. The summed E-state index contributed by atoms with van der Waals surface area (Å²) in [6.07, 6.45) is -5.89.